The molecule has 0 atom stereocenters. The maximum Gasteiger partial charge on any atom is 0.123 e. The SMILES string of the molecule is CCOc1cccc(OCC2(O)CCCCC2)c1. The average molecular weight is 250 g/mol. The van der Waals surface area contributed by atoms with Gasteiger partial charge in [0, 0.05) is 6.07 Å². The van der Waals surface area contributed by atoms with Crippen molar-refractivity contribution < 1.29 is 14.6 Å². The molecule has 0 aromatic heterocycles. The predicted octanol–water partition coefficient (Wildman–Crippen LogP) is 3.16. The molecule has 1 fully saturated rings. The maximum atomic E-state index is 10.3. The summed E-state index contributed by atoms with van der Waals surface area (Å²) < 4.78 is 11.1. The van der Waals surface area contributed by atoms with Crippen molar-refractivity contribution in [3.05, 3.63) is 24.3 Å². The molecule has 0 heterocycles. The number of aliphatic hydroxyl groups is 1. The van der Waals surface area contributed by atoms with Crippen molar-refractivity contribution in [3.8, 4) is 11.5 Å². The van der Waals surface area contributed by atoms with Crippen molar-refractivity contribution in [3.63, 3.8) is 0 Å². The van der Waals surface area contributed by atoms with Crippen LogP contribution in [0.5, 0.6) is 11.5 Å². The molecule has 1 aromatic carbocycles. The van der Waals surface area contributed by atoms with Crippen molar-refractivity contribution in [1.29, 1.82) is 0 Å². The first-order valence-corrected chi connectivity index (χ1v) is 6.80. The summed E-state index contributed by atoms with van der Waals surface area (Å²) in [6.07, 6.45) is 5.11. The van der Waals surface area contributed by atoms with Gasteiger partial charge in [-0.15, -0.1) is 0 Å². The van der Waals surface area contributed by atoms with Crippen LogP contribution in [0.15, 0.2) is 24.3 Å². The number of rotatable bonds is 5. The third-order valence-corrected chi connectivity index (χ3v) is 3.41. The second-order valence-corrected chi connectivity index (χ2v) is 4.98. The zero-order valence-corrected chi connectivity index (χ0v) is 11.0. The van der Waals surface area contributed by atoms with Gasteiger partial charge in [-0.05, 0) is 31.9 Å². The van der Waals surface area contributed by atoms with Gasteiger partial charge in [-0.1, -0.05) is 25.3 Å². The Bertz CT molecular complexity index is 370. The molecule has 0 unspecified atom stereocenters. The molecular weight excluding hydrogens is 228 g/mol. The molecule has 1 N–H and O–H groups in total. The van der Waals surface area contributed by atoms with Crippen LogP contribution in [0.4, 0.5) is 0 Å². The third kappa shape index (κ3) is 3.64. The van der Waals surface area contributed by atoms with Crippen LogP contribution in [-0.4, -0.2) is 23.9 Å². The molecule has 0 aliphatic heterocycles. The van der Waals surface area contributed by atoms with E-state index < -0.39 is 5.60 Å². The first-order chi connectivity index (χ1) is 8.72. The van der Waals surface area contributed by atoms with E-state index in [1.165, 1.54) is 6.42 Å². The molecule has 1 saturated carbocycles. The Morgan fingerprint density at radius 3 is 2.44 bits per heavy atom. The number of hydrogen-bond acceptors (Lipinski definition) is 3. The zero-order valence-electron chi connectivity index (χ0n) is 11.0. The van der Waals surface area contributed by atoms with Crippen molar-refractivity contribution >= 4 is 0 Å². The predicted molar refractivity (Wildman–Crippen MR) is 71.1 cm³/mol. The molecule has 0 saturated heterocycles. The highest BCUT2D eigenvalue weighted by atomic mass is 16.5. The average Bonchev–Trinajstić information content (AvgIpc) is 2.38. The molecular formula is C15H22O3. The van der Waals surface area contributed by atoms with Gasteiger partial charge in [0.1, 0.15) is 18.1 Å². The van der Waals surface area contributed by atoms with E-state index in [0.717, 1.165) is 37.2 Å². The summed E-state index contributed by atoms with van der Waals surface area (Å²) in [6.45, 7) is 2.98. The topological polar surface area (TPSA) is 38.7 Å². The van der Waals surface area contributed by atoms with Gasteiger partial charge in [0.15, 0.2) is 0 Å². The summed E-state index contributed by atoms with van der Waals surface area (Å²) in [5.74, 6) is 1.57. The first-order valence-electron chi connectivity index (χ1n) is 6.80. The molecule has 0 amide bonds. The second kappa shape index (κ2) is 6.10. The summed E-state index contributed by atoms with van der Waals surface area (Å²) in [5.41, 5.74) is -0.639. The van der Waals surface area contributed by atoms with Crippen LogP contribution in [0, 0.1) is 0 Å². The van der Waals surface area contributed by atoms with Crippen LogP contribution in [0.1, 0.15) is 39.0 Å². The van der Waals surface area contributed by atoms with Crippen LogP contribution >= 0.6 is 0 Å². The van der Waals surface area contributed by atoms with E-state index in [-0.39, 0.29) is 0 Å². The largest absolute Gasteiger partial charge is 0.494 e. The molecule has 2 rings (SSSR count). The van der Waals surface area contributed by atoms with Gasteiger partial charge in [-0.2, -0.15) is 0 Å². The summed E-state index contributed by atoms with van der Waals surface area (Å²) >= 11 is 0. The van der Waals surface area contributed by atoms with Crippen molar-refractivity contribution in [1.82, 2.24) is 0 Å². The Kier molecular flexibility index (Phi) is 4.48. The minimum atomic E-state index is -0.639. The highest BCUT2D eigenvalue weighted by Gasteiger charge is 2.29. The van der Waals surface area contributed by atoms with Crippen molar-refractivity contribution in [2.45, 2.75) is 44.6 Å². The van der Waals surface area contributed by atoms with E-state index in [2.05, 4.69) is 0 Å². The summed E-state index contributed by atoms with van der Waals surface area (Å²) in [4.78, 5) is 0. The fourth-order valence-corrected chi connectivity index (χ4v) is 2.39. The van der Waals surface area contributed by atoms with E-state index in [4.69, 9.17) is 9.47 Å². The van der Waals surface area contributed by atoms with Crippen molar-refractivity contribution in [2.75, 3.05) is 13.2 Å². The van der Waals surface area contributed by atoms with Crippen LogP contribution in [-0.2, 0) is 0 Å². The van der Waals surface area contributed by atoms with Crippen LogP contribution in [0.2, 0.25) is 0 Å². The highest BCUT2D eigenvalue weighted by Crippen LogP contribution is 2.29. The van der Waals surface area contributed by atoms with Gasteiger partial charge in [0.2, 0.25) is 0 Å². The number of ether oxygens (including phenoxy) is 2. The lowest BCUT2D eigenvalue weighted by Crippen LogP contribution is -2.37. The molecule has 100 valence electrons. The van der Waals surface area contributed by atoms with Gasteiger partial charge in [0.05, 0.1) is 12.2 Å². The smallest absolute Gasteiger partial charge is 0.123 e. The van der Waals surface area contributed by atoms with Gasteiger partial charge < -0.3 is 14.6 Å². The lowest BCUT2D eigenvalue weighted by atomic mass is 9.85. The lowest BCUT2D eigenvalue weighted by molar-refractivity contribution is -0.0339. The second-order valence-electron chi connectivity index (χ2n) is 4.98. The Morgan fingerprint density at radius 1 is 1.11 bits per heavy atom. The summed E-state index contributed by atoms with van der Waals surface area (Å²) in [7, 11) is 0. The highest BCUT2D eigenvalue weighted by molar-refractivity contribution is 5.32. The first kappa shape index (κ1) is 13.2. The fraction of sp³-hybridized carbons (Fsp3) is 0.600. The van der Waals surface area contributed by atoms with E-state index in [0.29, 0.717) is 13.2 Å². The molecule has 1 aromatic rings. The van der Waals surface area contributed by atoms with Crippen LogP contribution in [0.25, 0.3) is 0 Å². The van der Waals surface area contributed by atoms with E-state index in [9.17, 15) is 5.11 Å². The number of benzene rings is 1. The van der Waals surface area contributed by atoms with Crippen molar-refractivity contribution in [2.24, 2.45) is 0 Å². The quantitative estimate of drug-likeness (QED) is 0.872. The van der Waals surface area contributed by atoms with Gasteiger partial charge in [-0.25, -0.2) is 0 Å². The molecule has 18 heavy (non-hydrogen) atoms. The molecule has 0 spiro atoms. The number of hydrogen-bond donors (Lipinski definition) is 1. The molecule has 3 nitrogen and oxygen atoms in total. The minimum absolute atomic E-state index is 0.378. The normalized spacial score (nSPS) is 18.3. The molecule has 0 radical (unpaired) electrons. The van der Waals surface area contributed by atoms with Gasteiger partial charge >= 0.3 is 0 Å². The Balaban J connectivity index is 1.90. The van der Waals surface area contributed by atoms with E-state index in [1.807, 2.05) is 31.2 Å². The standard InChI is InChI=1S/C15H22O3/c1-2-17-13-7-6-8-14(11-13)18-12-15(16)9-4-3-5-10-15/h6-8,11,16H,2-5,9-10,12H2,1H3. The molecule has 3 heteroatoms. The maximum absolute atomic E-state index is 10.3. The minimum Gasteiger partial charge on any atom is -0.494 e. The Labute approximate surface area is 109 Å². The zero-order chi connectivity index (χ0) is 12.8. The Hall–Kier alpha value is -1.22. The molecule has 1 aliphatic carbocycles. The lowest BCUT2D eigenvalue weighted by Gasteiger charge is -2.31. The van der Waals surface area contributed by atoms with Gasteiger partial charge in [0.25, 0.3) is 0 Å². The summed E-state index contributed by atoms with van der Waals surface area (Å²) in [5, 5.41) is 10.3. The van der Waals surface area contributed by atoms with Crippen LogP contribution in [0.3, 0.4) is 0 Å². The molecule has 1 aliphatic rings. The van der Waals surface area contributed by atoms with Gasteiger partial charge in [-0.3, -0.25) is 0 Å². The monoisotopic (exact) mass is 250 g/mol. The third-order valence-electron chi connectivity index (χ3n) is 3.41. The fourth-order valence-electron chi connectivity index (χ4n) is 2.39. The Morgan fingerprint density at radius 2 is 1.78 bits per heavy atom. The van der Waals surface area contributed by atoms with E-state index in [1.54, 1.807) is 0 Å². The van der Waals surface area contributed by atoms with E-state index >= 15 is 0 Å². The van der Waals surface area contributed by atoms with Crippen LogP contribution < -0.4 is 9.47 Å². The summed E-state index contributed by atoms with van der Waals surface area (Å²) in [6, 6.07) is 7.58. The molecule has 0 bridgehead atoms.